The lowest BCUT2D eigenvalue weighted by atomic mass is 10.5. The van der Waals surface area contributed by atoms with Crippen molar-refractivity contribution in [1.82, 2.24) is 9.80 Å². The highest BCUT2D eigenvalue weighted by molar-refractivity contribution is 5.89. The third-order valence-electron chi connectivity index (χ3n) is 1.61. The Labute approximate surface area is 83.7 Å². The van der Waals surface area contributed by atoms with Gasteiger partial charge in [0.2, 0.25) is 0 Å². The summed E-state index contributed by atoms with van der Waals surface area (Å²) in [5.74, 6) is 0. The summed E-state index contributed by atoms with van der Waals surface area (Å²) in [5, 5.41) is 8.47. The predicted octanol–water partition coefficient (Wildman–Crippen LogP) is 1.48. The fraction of sp³-hybridized carbons (Fsp3) is 0.714. The van der Waals surface area contributed by atoms with Crippen LogP contribution in [-0.2, 0) is 0 Å². The molecular weight excluding hydrogens is 196 g/mol. The number of carbonyl (C=O) groups excluding carboxylic acids is 1. The molecule has 0 aliphatic rings. The summed E-state index contributed by atoms with van der Waals surface area (Å²) < 4.78 is 0. The van der Waals surface area contributed by atoms with E-state index >= 15 is 0 Å². The maximum absolute atomic E-state index is 11.2. The minimum absolute atomic E-state index is 0. The third-order valence-corrected chi connectivity index (χ3v) is 1.61. The average Bonchev–Trinajstić information content (AvgIpc) is 2.05. The van der Waals surface area contributed by atoms with Crippen molar-refractivity contribution in [2.45, 2.75) is 13.8 Å². The maximum Gasteiger partial charge on any atom is 0.415 e. The van der Waals surface area contributed by atoms with E-state index < -0.39 is 12.1 Å². The Balaban J connectivity index is 0. The summed E-state index contributed by atoms with van der Waals surface area (Å²) in [5.41, 5.74) is 0. The van der Waals surface area contributed by atoms with Crippen LogP contribution in [0.4, 0.5) is 9.59 Å². The van der Waals surface area contributed by atoms with Gasteiger partial charge in [0.15, 0.2) is 0 Å². The number of rotatable bonds is 2. The summed E-state index contributed by atoms with van der Waals surface area (Å²) in [7, 11) is 1.24. The van der Waals surface area contributed by atoms with Gasteiger partial charge in [-0.25, -0.2) is 14.5 Å². The van der Waals surface area contributed by atoms with Crippen LogP contribution in [0, 0.1) is 0 Å². The molecule has 0 heterocycles. The standard InChI is InChI=1S/C7H14N2O3.ClH/c1-4-9(5-2)6(10)8(3)7(11)12;/h4-5H2,1-3H3,(H,11,12);1H. The van der Waals surface area contributed by atoms with Gasteiger partial charge >= 0.3 is 12.1 Å². The number of hydrogen-bond acceptors (Lipinski definition) is 2. The molecule has 0 rings (SSSR count). The van der Waals surface area contributed by atoms with Gasteiger partial charge in [-0.3, -0.25) is 0 Å². The van der Waals surface area contributed by atoms with Gasteiger partial charge < -0.3 is 10.0 Å². The van der Waals surface area contributed by atoms with Gasteiger partial charge in [0.05, 0.1) is 0 Å². The molecule has 78 valence electrons. The Kier molecular flexibility index (Phi) is 7.31. The zero-order valence-electron chi connectivity index (χ0n) is 7.98. The molecule has 0 aliphatic carbocycles. The first-order valence-corrected chi connectivity index (χ1v) is 3.80. The molecule has 0 saturated carbocycles. The first-order chi connectivity index (χ1) is 5.54. The van der Waals surface area contributed by atoms with Crippen LogP contribution < -0.4 is 0 Å². The highest BCUT2D eigenvalue weighted by Crippen LogP contribution is 1.96. The van der Waals surface area contributed by atoms with Gasteiger partial charge in [0.25, 0.3) is 0 Å². The molecule has 0 fully saturated rings. The van der Waals surface area contributed by atoms with Gasteiger partial charge in [-0.1, -0.05) is 0 Å². The number of carboxylic acid groups (broad SMARTS) is 1. The Morgan fingerprint density at radius 2 is 1.62 bits per heavy atom. The molecule has 0 aromatic carbocycles. The van der Waals surface area contributed by atoms with Crippen LogP contribution in [0.2, 0.25) is 0 Å². The average molecular weight is 211 g/mol. The zero-order chi connectivity index (χ0) is 9.72. The molecular formula is C7H15ClN2O3. The van der Waals surface area contributed by atoms with E-state index in [4.69, 9.17) is 5.11 Å². The van der Waals surface area contributed by atoms with Crippen LogP contribution in [0.5, 0.6) is 0 Å². The van der Waals surface area contributed by atoms with Crippen LogP contribution in [0.15, 0.2) is 0 Å². The lowest BCUT2D eigenvalue weighted by Gasteiger charge is -2.22. The molecule has 0 unspecified atom stereocenters. The largest absolute Gasteiger partial charge is 0.465 e. The van der Waals surface area contributed by atoms with E-state index in [9.17, 15) is 9.59 Å². The minimum atomic E-state index is -1.23. The van der Waals surface area contributed by atoms with Crippen LogP contribution in [0.1, 0.15) is 13.8 Å². The molecule has 6 heteroatoms. The van der Waals surface area contributed by atoms with Crippen LogP contribution in [0.3, 0.4) is 0 Å². The molecule has 0 aromatic heterocycles. The molecule has 13 heavy (non-hydrogen) atoms. The summed E-state index contributed by atoms with van der Waals surface area (Å²) >= 11 is 0. The molecule has 5 nitrogen and oxygen atoms in total. The lowest BCUT2D eigenvalue weighted by molar-refractivity contribution is 0.139. The molecule has 1 N–H and O–H groups in total. The Hall–Kier alpha value is -0.970. The van der Waals surface area contributed by atoms with E-state index in [2.05, 4.69) is 0 Å². The van der Waals surface area contributed by atoms with Crippen molar-refractivity contribution in [3.63, 3.8) is 0 Å². The van der Waals surface area contributed by atoms with Crippen molar-refractivity contribution in [3.8, 4) is 0 Å². The first-order valence-electron chi connectivity index (χ1n) is 3.80. The number of hydrogen-bond donors (Lipinski definition) is 1. The van der Waals surface area contributed by atoms with Crippen molar-refractivity contribution in [1.29, 1.82) is 0 Å². The van der Waals surface area contributed by atoms with Crippen LogP contribution in [0.25, 0.3) is 0 Å². The van der Waals surface area contributed by atoms with E-state index in [-0.39, 0.29) is 12.4 Å². The van der Waals surface area contributed by atoms with Crippen molar-refractivity contribution in [2.24, 2.45) is 0 Å². The van der Waals surface area contributed by atoms with Gasteiger partial charge in [-0.15, -0.1) is 12.4 Å². The van der Waals surface area contributed by atoms with E-state index in [1.54, 1.807) is 13.8 Å². The Morgan fingerprint density at radius 1 is 1.23 bits per heavy atom. The molecule has 0 spiro atoms. The number of nitrogens with zero attached hydrogens (tertiary/aromatic N) is 2. The monoisotopic (exact) mass is 210 g/mol. The van der Waals surface area contributed by atoms with Crippen LogP contribution in [-0.4, -0.2) is 47.2 Å². The fourth-order valence-corrected chi connectivity index (χ4v) is 0.788. The van der Waals surface area contributed by atoms with Crippen molar-refractivity contribution in [2.75, 3.05) is 20.1 Å². The van der Waals surface area contributed by atoms with E-state index in [1.165, 1.54) is 11.9 Å². The number of urea groups is 1. The maximum atomic E-state index is 11.2. The molecule has 0 aliphatic heterocycles. The number of imide groups is 1. The fourth-order valence-electron chi connectivity index (χ4n) is 0.788. The molecule has 0 atom stereocenters. The lowest BCUT2D eigenvalue weighted by Crippen LogP contribution is -2.43. The summed E-state index contributed by atoms with van der Waals surface area (Å²) in [6.45, 7) is 4.65. The highest BCUT2D eigenvalue weighted by atomic mass is 35.5. The Morgan fingerprint density at radius 3 is 1.85 bits per heavy atom. The van der Waals surface area contributed by atoms with Crippen molar-refractivity contribution < 1.29 is 14.7 Å². The van der Waals surface area contributed by atoms with Gasteiger partial charge in [-0.2, -0.15) is 0 Å². The summed E-state index contributed by atoms with van der Waals surface area (Å²) in [6.07, 6.45) is -1.23. The van der Waals surface area contributed by atoms with Crippen molar-refractivity contribution >= 4 is 24.5 Å². The smallest absolute Gasteiger partial charge is 0.415 e. The number of halogens is 1. The SMILES string of the molecule is CCN(CC)C(=O)N(C)C(=O)O.Cl. The zero-order valence-corrected chi connectivity index (χ0v) is 8.80. The second-order valence-corrected chi connectivity index (χ2v) is 2.30. The van der Waals surface area contributed by atoms with E-state index in [0.29, 0.717) is 18.0 Å². The van der Waals surface area contributed by atoms with Crippen molar-refractivity contribution in [3.05, 3.63) is 0 Å². The summed E-state index contributed by atoms with van der Waals surface area (Å²) in [6, 6.07) is -0.479. The molecule has 0 saturated heterocycles. The van der Waals surface area contributed by atoms with E-state index in [0.717, 1.165) is 0 Å². The summed E-state index contributed by atoms with van der Waals surface area (Å²) in [4.78, 5) is 23.7. The molecule has 0 radical (unpaired) electrons. The van der Waals surface area contributed by atoms with Gasteiger partial charge in [-0.05, 0) is 13.8 Å². The molecule has 3 amide bonds. The topological polar surface area (TPSA) is 60.9 Å². The first kappa shape index (κ1) is 14.5. The predicted molar refractivity (Wildman–Crippen MR) is 51.4 cm³/mol. The van der Waals surface area contributed by atoms with Gasteiger partial charge in [0.1, 0.15) is 0 Å². The minimum Gasteiger partial charge on any atom is -0.465 e. The van der Waals surface area contributed by atoms with Crippen LogP contribution >= 0.6 is 12.4 Å². The quantitative estimate of drug-likeness (QED) is 0.751. The molecule has 0 bridgehead atoms. The third kappa shape index (κ3) is 3.98. The second kappa shape index (κ2) is 6.54. The Bertz CT molecular complexity index is 183. The second-order valence-electron chi connectivity index (χ2n) is 2.30. The number of carbonyl (C=O) groups is 2. The van der Waals surface area contributed by atoms with E-state index in [1.807, 2.05) is 0 Å². The highest BCUT2D eigenvalue weighted by Gasteiger charge is 2.19. The number of amides is 3. The normalized spacial score (nSPS) is 8.54. The molecule has 0 aromatic rings. The van der Waals surface area contributed by atoms with Gasteiger partial charge in [0, 0.05) is 20.1 Å².